The summed E-state index contributed by atoms with van der Waals surface area (Å²) in [6, 6.07) is 4.78. The van der Waals surface area contributed by atoms with Crippen molar-refractivity contribution in [2.75, 3.05) is 7.11 Å². The lowest BCUT2D eigenvalue weighted by molar-refractivity contribution is -0.121. The fourth-order valence-electron chi connectivity index (χ4n) is 1.81. The van der Waals surface area contributed by atoms with Gasteiger partial charge in [-0.25, -0.2) is 4.39 Å². The van der Waals surface area contributed by atoms with E-state index in [4.69, 9.17) is 4.74 Å². The lowest BCUT2D eigenvalue weighted by Crippen LogP contribution is -2.33. The molecule has 0 spiro atoms. The van der Waals surface area contributed by atoms with Crippen molar-refractivity contribution in [1.29, 1.82) is 0 Å². The van der Waals surface area contributed by atoms with Crippen LogP contribution >= 0.6 is 0 Å². The maximum Gasteiger partial charge on any atom is 0.220 e. The topological polar surface area (TPSA) is 38.3 Å². The van der Waals surface area contributed by atoms with Gasteiger partial charge in [0.25, 0.3) is 0 Å². The van der Waals surface area contributed by atoms with Crippen LogP contribution in [0.25, 0.3) is 0 Å². The van der Waals surface area contributed by atoms with Gasteiger partial charge in [-0.2, -0.15) is 0 Å². The van der Waals surface area contributed by atoms with Gasteiger partial charge in [-0.1, -0.05) is 13.0 Å². The molecule has 1 amide bonds. The average molecular weight is 253 g/mol. The number of carbonyl (C=O) groups is 1. The highest BCUT2D eigenvalue weighted by Crippen LogP contribution is 2.19. The zero-order chi connectivity index (χ0) is 13.5. The number of carbonyl (C=O) groups excluding carboxylic acids is 1. The molecule has 0 aromatic heterocycles. The first-order valence-corrected chi connectivity index (χ1v) is 6.18. The molecular weight excluding hydrogens is 233 g/mol. The lowest BCUT2D eigenvalue weighted by Gasteiger charge is -2.14. The van der Waals surface area contributed by atoms with Crippen molar-refractivity contribution in [2.45, 2.75) is 39.2 Å². The molecule has 0 saturated heterocycles. The Labute approximate surface area is 107 Å². The zero-order valence-electron chi connectivity index (χ0n) is 11.1. The van der Waals surface area contributed by atoms with Crippen molar-refractivity contribution in [2.24, 2.45) is 0 Å². The van der Waals surface area contributed by atoms with Crippen molar-refractivity contribution >= 4 is 5.91 Å². The van der Waals surface area contributed by atoms with E-state index >= 15 is 0 Å². The SMILES string of the molecule is CCCC(=O)NC(C)Cc1ccc(F)c(OC)c1. The number of halogens is 1. The fourth-order valence-corrected chi connectivity index (χ4v) is 1.81. The maximum atomic E-state index is 13.2. The van der Waals surface area contributed by atoms with Crippen molar-refractivity contribution in [3.63, 3.8) is 0 Å². The molecule has 1 aromatic rings. The largest absolute Gasteiger partial charge is 0.494 e. The molecule has 0 radical (unpaired) electrons. The summed E-state index contributed by atoms with van der Waals surface area (Å²) in [5, 5.41) is 2.91. The minimum atomic E-state index is -0.371. The monoisotopic (exact) mass is 253 g/mol. The van der Waals surface area contributed by atoms with Crippen LogP contribution in [0.4, 0.5) is 4.39 Å². The number of benzene rings is 1. The van der Waals surface area contributed by atoms with Crippen molar-refractivity contribution in [3.05, 3.63) is 29.6 Å². The van der Waals surface area contributed by atoms with Crippen molar-refractivity contribution in [3.8, 4) is 5.75 Å². The molecule has 3 nitrogen and oxygen atoms in total. The van der Waals surface area contributed by atoms with Gasteiger partial charge in [-0.05, 0) is 37.5 Å². The first-order valence-electron chi connectivity index (χ1n) is 6.18. The second-order valence-corrected chi connectivity index (χ2v) is 4.39. The van der Waals surface area contributed by atoms with Gasteiger partial charge >= 0.3 is 0 Å². The van der Waals surface area contributed by atoms with E-state index in [-0.39, 0.29) is 23.5 Å². The highest BCUT2D eigenvalue weighted by atomic mass is 19.1. The second-order valence-electron chi connectivity index (χ2n) is 4.39. The van der Waals surface area contributed by atoms with Crippen LogP contribution in [0.2, 0.25) is 0 Å². The molecule has 1 atom stereocenters. The zero-order valence-corrected chi connectivity index (χ0v) is 11.1. The van der Waals surface area contributed by atoms with Crippen LogP contribution in [-0.2, 0) is 11.2 Å². The van der Waals surface area contributed by atoms with Gasteiger partial charge in [0.05, 0.1) is 7.11 Å². The molecule has 0 aliphatic heterocycles. The number of hydrogen-bond donors (Lipinski definition) is 1. The molecular formula is C14H20FNO2. The molecule has 0 aliphatic carbocycles. The number of methoxy groups -OCH3 is 1. The van der Waals surface area contributed by atoms with E-state index in [2.05, 4.69) is 5.32 Å². The van der Waals surface area contributed by atoms with E-state index in [1.807, 2.05) is 13.8 Å². The predicted molar refractivity (Wildman–Crippen MR) is 69.2 cm³/mol. The molecule has 100 valence electrons. The van der Waals surface area contributed by atoms with E-state index in [0.717, 1.165) is 12.0 Å². The van der Waals surface area contributed by atoms with E-state index in [1.165, 1.54) is 13.2 Å². The third-order valence-electron chi connectivity index (χ3n) is 2.64. The first-order chi connectivity index (χ1) is 8.56. The smallest absolute Gasteiger partial charge is 0.220 e. The molecule has 4 heteroatoms. The first kappa shape index (κ1) is 14.5. The molecule has 0 fully saturated rings. The third kappa shape index (κ3) is 4.35. The molecule has 0 bridgehead atoms. The van der Waals surface area contributed by atoms with Gasteiger partial charge in [0.15, 0.2) is 11.6 Å². The standard InChI is InChI=1S/C14H20FNO2/c1-4-5-14(17)16-10(2)8-11-6-7-12(15)13(9-11)18-3/h6-7,9-10H,4-5,8H2,1-3H3,(H,16,17). The number of nitrogens with one attached hydrogen (secondary N) is 1. The quantitative estimate of drug-likeness (QED) is 0.846. The van der Waals surface area contributed by atoms with E-state index < -0.39 is 0 Å². The molecule has 0 aliphatic rings. The van der Waals surface area contributed by atoms with Crippen LogP contribution in [-0.4, -0.2) is 19.1 Å². The molecule has 0 heterocycles. The summed E-state index contributed by atoms with van der Waals surface area (Å²) in [6.07, 6.45) is 2.03. The highest BCUT2D eigenvalue weighted by molar-refractivity contribution is 5.76. The van der Waals surface area contributed by atoms with Crippen molar-refractivity contribution in [1.82, 2.24) is 5.32 Å². The molecule has 18 heavy (non-hydrogen) atoms. The second kappa shape index (κ2) is 6.99. The van der Waals surface area contributed by atoms with Crippen LogP contribution in [0.1, 0.15) is 32.3 Å². The van der Waals surface area contributed by atoms with Gasteiger partial charge in [0.2, 0.25) is 5.91 Å². The minimum Gasteiger partial charge on any atom is -0.494 e. The summed E-state index contributed by atoms with van der Waals surface area (Å²) in [5.74, 6) is -0.0809. The Morgan fingerprint density at radius 1 is 1.50 bits per heavy atom. The Bertz CT molecular complexity index is 407. The summed E-state index contributed by atoms with van der Waals surface area (Å²) in [7, 11) is 1.44. The van der Waals surface area contributed by atoms with Gasteiger partial charge in [-0.15, -0.1) is 0 Å². The highest BCUT2D eigenvalue weighted by Gasteiger charge is 2.09. The van der Waals surface area contributed by atoms with E-state index in [0.29, 0.717) is 12.8 Å². The Kier molecular flexibility index (Phi) is 5.62. The number of amides is 1. The van der Waals surface area contributed by atoms with Crippen LogP contribution < -0.4 is 10.1 Å². The predicted octanol–water partition coefficient (Wildman–Crippen LogP) is 2.68. The Balaban J connectivity index is 2.59. The summed E-state index contributed by atoms with van der Waals surface area (Å²) in [6.45, 7) is 3.90. The lowest BCUT2D eigenvalue weighted by atomic mass is 10.1. The summed E-state index contributed by atoms with van der Waals surface area (Å²) < 4.78 is 18.1. The molecule has 0 saturated carbocycles. The Hall–Kier alpha value is -1.58. The van der Waals surface area contributed by atoms with Crippen LogP contribution in [0.15, 0.2) is 18.2 Å². The normalized spacial score (nSPS) is 12.0. The number of hydrogen-bond acceptors (Lipinski definition) is 2. The maximum absolute atomic E-state index is 13.2. The number of ether oxygens (including phenoxy) is 1. The minimum absolute atomic E-state index is 0.0271. The van der Waals surface area contributed by atoms with Crippen LogP contribution in [0, 0.1) is 5.82 Å². The summed E-state index contributed by atoms with van der Waals surface area (Å²) >= 11 is 0. The van der Waals surface area contributed by atoms with Crippen LogP contribution in [0.3, 0.4) is 0 Å². The van der Waals surface area contributed by atoms with Gasteiger partial charge in [0, 0.05) is 12.5 Å². The molecule has 1 N–H and O–H groups in total. The van der Waals surface area contributed by atoms with E-state index in [9.17, 15) is 9.18 Å². The van der Waals surface area contributed by atoms with E-state index in [1.54, 1.807) is 12.1 Å². The fraction of sp³-hybridized carbons (Fsp3) is 0.500. The summed E-state index contributed by atoms with van der Waals surface area (Å²) in [5.41, 5.74) is 0.942. The Morgan fingerprint density at radius 3 is 2.83 bits per heavy atom. The third-order valence-corrected chi connectivity index (χ3v) is 2.64. The molecule has 1 unspecified atom stereocenters. The van der Waals surface area contributed by atoms with Crippen molar-refractivity contribution < 1.29 is 13.9 Å². The molecule has 1 aromatic carbocycles. The molecule has 1 rings (SSSR count). The summed E-state index contributed by atoms with van der Waals surface area (Å²) in [4.78, 5) is 11.4. The average Bonchev–Trinajstić information content (AvgIpc) is 2.31. The van der Waals surface area contributed by atoms with Gasteiger partial charge < -0.3 is 10.1 Å². The van der Waals surface area contributed by atoms with Crippen LogP contribution in [0.5, 0.6) is 5.75 Å². The Morgan fingerprint density at radius 2 is 2.22 bits per heavy atom. The van der Waals surface area contributed by atoms with Gasteiger partial charge in [-0.3, -0.25) is 4.79 Å². The van der Waals surface area contributed by atoms with Gasteiger partial charge in [0.1, 0.15) is 0 Å². The number of rotatable bonds is 6.